The fourth-order valence-electron chi connectivity index (χ4n) is 2.04. The van der Waals surface area contributed by atoms with Crippen LogP contribution in [0.15, 0.2) is 0 Å². The molecule has 0 aromatic carbocycles. The van der Waals surface area contributed by atoms with Crippen LogP contribution < -0.4 is 5.32 Å². The summed E-state index contributed by atoms with van der Waals surface area (Å²) in [4.78, 5) is 11.6. The Hall–Kier alpha value is -0.440. The van der Waals surface area contributed by atoms with E-state index < -0.39 is 5.60 Å². The van der Waals surface area contributed by atoms with Crippen LogP contribution in [0.2, 0.25) is 0 Å². The number of rotatable bonds is 2. The second-order valence-corrected chi connectivity index (χ2v) is 5.84. The van der Waals surface area contributed by atoms with Crippen LogP contribution in [-0.2, 0) is 4.74 Å². The Balaban J connectivity index is 2.33. The summed E-state index contributed by atoms with van der Waals surface area (Å²) < 4.78 is 5.23. The highest BCUT2D eigenvalue weighted by atomic mass is 35.5. The molecule has 94 valence electrons. The molecule has 1 aliphatic carbocycles. The third kappa shape index (κ3) is 5.06. The summed E-state index contributed by atoms with van der Waals surface area (Å²) in [5.74, 6) is 1.22. The standard InChI is InChI=1S/C12H22ClNO2/c1-12(2,3)16-11(15)14-10-6-4-5-9(7-10)8-13/h9-10H,4-8H2,1-3H3,(H,14,15). The lowest BCUT2D eigenvalue weighted by molar-refractivity contribution is 0.0487. The zero-order valence-electron chi connectivity index (χ0n) is 10.4. The first-order valence-corrected chi connectivity index (χ1v) is 6.49. The molecule has 0 heterocycles. The Labute approximate surface area is 103 Å². The van der Waals surface area contributed by atoms with Gasteiger partial charge in [-0.15, -0.1) is 11.6 Å². The molecule has 1 rings (SSSR count). The summed E-state index contributed by atoms with van der Waals surface area (Å²) >= 11 is 5.84. The van der Waals surface area contributed by atoms with Crippen molar-refractivity contribution >= 4 is 17.7 Å². The number of carbonyl (C=O) groups excluding carboxylic acids is 1. The fourth-order valence-corrected chi connectivity index (χ4v) is 2.32. The molecular formula is C12H22ClNO2. The molecule has 1 amide bonds. The first kappa shape index (κ1) is 13.6. The Morgan fingerprint density at radius 1 is 1.44 bits per heavy atom. The van der Waals surface area contributed by atoms with Crippen molar-refractivity contribution in [3.63, 3.8) is 0 Å². The van der Waals surface area contributed by atoms with Crippen LogP contribution in [0.4, 0.5) is 4.79 Å². The second kappa shape index (κ2) is 5.76. The zero-order chi connectivity index (χ0) is 12.2. The van der Waals surface area contributed by atoms with Crippen LogP contribution in [0.1, 0.15) is 46.5 Å². The summed E-state index contributed by atoms with van der Waals surface area (Å²) in [5, 5.41) is 2.92. The Morgan fingerprint density at radius 2 is 2.12 bits per heavy atom. The second-order valence-electron chi connectivity index (χ2n) is 5.53. The maximum Gasteiger partial charge on any atom is 0.407 e. The number of ether oxygens (including phenoxy) is 1. The van der Waals surface area contributed by atoms with Gasteiger partial charge in [-0.2, -0.15) is 0 Å². The van der Waals surface area contributed by atoms with E-state index in [0.29, 0.717) is 11.8 Å². The maximum absolute atomic E-state index is 11.6. The van der Waals surface area contributed by atoms with Gasteiger partial charge in [-0.05, 0) is 46.0 Å². The van der Waals surface area contributed by atoms with Crippen LogP contribution in [0, 0.1) is 5.92 Å². The maximum atomic E-state index is 11.6. The van der Waals surface area contributed by atoms with Gasteiger partial charge in [0.25, 0.3) is 0 Å². The van der Waals surface area contributed by atoms with Gasteiger partial charge in [-0.1, -0.05) is 6.42 Å². The van der Waals surface area contributed by atoms with E-state index in [1.54, 1.807) is 0 Å². The van der Waals surface area contributed by atoms with Crippen LogP contribution in [0.5, 0.6) is 0 Å². The molecule has 0 saturated heterocycles. The number of nitrogens with one attached hydrogen (secondary N) is 1. The van der Waals surface area contributed by atoms with E-state index in [1.165, 1.54) is 6.42 Å². The quantitative estimate of drug-likeness (QED) is 0.761. The van der Waals surface area contributed by atoms with E-state index in [0.717, 1.165) is 19.3 Å². The van der Waals surface area contributed by atoms with Gasteiger partial charge < -0.3 is 10.1 Å². The fraction of sp³-hybridized carbons (Fsp3) is 0.917. The molecule has 4 heteroatoms. The van der Waals surface area contributed by atoms with E-state index >= 15 is 0 Å². The first-order valence-electron chi connectivity index (χ1n) is 5.96. The molecule has 2 atom stereocenters. The number of halogens is 1. The molecule has 0 spiro atoms. The summed E-state index contributed by atoms with van der Waals surface area (Å²) in [6, 6.07) is 0.229. The third-order valence-corrected chi connectivity index (χ3v) is 3.16. The van der Waals surface area contributed by atoms with Crippen molar-refractivity contribution in [3.05, 3.63) is 0 Å². The Kier molecular flexibility index (Phi) is 4.90. The summed E-state index contributed by atoms with van der Waals surface area (Å²) in [6.45, 7) is 5.61. The lowest BCUT2D eigenvalue weighted by atomic mass is 9.87. The van der Waals surface area contributed by atoms with Gasteiger partial charge in [0.2, 0.25) is 0 Å². The minimum Gasteiger partial charge on any atom is -0.444 e. The normalized spacial score (nSPS) is 26.2. The number of alkyl carbamates (subject to hydrolysis) is 1. The summed E-state index contributed by atoms with van der Waals surface area (Å²) in [7, 11) is 0. The first-order chi connectivity index (χ1) is 7.40. The molecule has 2 unspecified atom stereocenters. The summed E-state index contributed by atoms with van der Waals surface area (Å²) in [6.07, 6.45) is 4.01. The average Bonchev–Trinajstić information content (AvgIpc) is 2.15. The molecule has 1 aliphatic rings. The van der Waals surface area contributed by atoms with Gasteiger partial charge in [0.1, 0.15) is 5.60 Å². The molecule has 0 aliphatic heterocycles. The lowest BCUT2D eigenvalue weighted by Gasteiger charge is -2.29. The monoisotopic (exact) mass is 247 g/mol. The number of hydrogen-bond donors (Lipinski definition) is 1. The van der Waals surface area contributed by atoms with Crippen molar-refractivity contribution in [2.24, 2.45) is 5.92 Å². The highest BCUT2D eigenvalue weighted by Gasteiger charge is 2.24. The highest BCUT2D eigenvalue weighted by molar-refractivity contribution is 6.18. The molecule has 1 saturated carbocycles. The Bertz CT molecular complexity index is 238. The smallest absolute Gasteiger partial charge is 0.407 e. The van der Waals surface area contributed by atoms with Crippen molar-refractivity contribution in [2.45, 2.75) is 58.1 Å². The van der Waals surface area contributed by atoms with Crippen molar-refractivity contribution in [1.82, 2.24) is 5.32 Å². The van der Waals surface area contributed by atoms with Crippen LogP contribution >= 0.6 is 11.6 Å². The van der Waals surface area contributed by atoms with Gasteiger partial charge >= 0.3 is 6.09 Å². The third-order valence-electron chi connectivity index (χ3n) is 2.72. The van der Waals surface area contributed by atoms with Gasteiger partial charge in [0.15, 0.2) is 0 Å². The topological polar surface area (TPSA) is 38.3 Å². The SMILES string of the molecule is CC(C)(C)OC(=O)NC1CCCC(CCl)C1. The molecule has 1 fully saturated rings. The van der Waals surface area contributed by atoms with Crippen molar-refractivity contribution in [2.75, 3.05) is 5.88 Å². The number of carbonyl (C=O) groups is 1. The van der Waals surface area contributed by atoms with E-state index in [2.05, 4.69) is 5.32 Å². The van der Waals surface area contributed by atoms with E-state index in [-0.39, 0.29) is 12.1 Å². The average molecular weight is 248 g/mol. The van der Waals surface area contributed by atoms with E-state index in [1.807, 2.05) is 20.8 Å². The van der Waals surface area contributed by atoms with Crippen molar-refractivity contribution < 1.29 is 9.53 Å². The van der Waals surface area contributed by atoms with Crippen LogP contribution in [-0.4, -0.2) is 23.6 Å². The van der Waals surface area contributed by atoms with Gasteiger partial charge in [-0.25, -0.2) is 4.79 Å². The van der Waals surface area contributed by atoms with Crippen LogP contribution in [0.25, 0.3) is 0 Å². The number of hydrogen-bond acceptors (Lipinski definition) is 2. The van der Waals surface area contributed by atoms with E-state index in [9.17, 15) is 4.79 Å². The molecule has 16 heavy (non-hydrogen) atoms. The lowest BCUT2D eigenvalue weighted by Crippen LogP contribution is -2.41. The van der Waals surface area contributed by atoms with Crippen molar-refractivity contribution in [3.8, 4) is 0 Å². The molecule has 0 aromatic rings. The molecule has 0 aromatic heterocycles. The summed E-state index contributed by atoms with van der Waals surface area (Å²) in [5.41, 5.74) is -0.426. The van der Waals surface area contributed by atoms with Crippen molar-refractivity contribution in [1.29, 1.82) is 0 Å². The largest absolute Gasteiger partial charge is 0.444 e. The van der Waals surface area contributed by atoms with Gasteiger partial charge in [0, 0.05) is 11.9 Å². The zero-order valence-corrected chi connectivity index (χ0v) is 11.1. The Morgan fingerprint density at radius 3 is 2.69 bits per heavy atom. The predicted molar refractivity (Wildman–Crippen MR) is 65.8 cm³/mol. The van der Waals surface area contributed by atoms with Gasteiger partial charge in [-0.3, -0.25) is 0 Å². The molecular weight excluding hydrogens is 226 g/mol. The minimum absolute atomic E-state index is 0.229. The molecule has 3 nitrogen and oxygen atoms in total. The van der Waals surface area contributed by atoms with Gasteiger partial charge in [0.05, 0.1) is 0 Å². The highest BCUT2D eigenvalue weighted by Crippen LogP contribution is 2.25. The van der Waals surface area contributed by atoms with Crippen LogP contribution in [0.3, 0.4) is 0 Å². The molecule has 1 N–H and O–H groups in total. The minimum atomic E-state index is -0.426. The number of amides is 1. The van der Waals surface area contributed by atoms with E-state index in [4.69, 9.17) is 16.3 Å². The molecule has 0 radical (unpaired) electrons. The predicted octanol–water partition coefficient (Wildman–Crippen LogP) is 3.31. The molecule has 0 bridgehead atoms. The number of alkyl halides is 1.